The van der Waals surface area contributed by atoms with E-state index in [9.17, 15) is 18.0 Å². The standard InChI is InChI=1S/C18H24N4OS.C2HF3O2/c23-18(19-9-8-16-6-3-11-24-16)17-13-21(14-4-1-2-5-14)12-15-7-10-20-22(15)17;3-2(4,5)1(6)7/h3,6-7,10-11,14,17H,1-2,4-5,8-9,12-13H2,(H,19,23);(H,6,7). The van der Waals surface area contributed by atoms with Gasteiger partial charge in [0.1, 0.15) is 6.04 Å². The number of amides is 1. The Balaban J connectivity index is 0.000000339. The van der Waals surface area contributed by atoms with Crippen molar-refractivity contribution < 1.29 is 27.9 Å². The number of hydrogen-bond donors (Lipinski definition) is 2. The van der Waals surface area contributed by atoms with Crippen molar-refractivity contribution >= 4 is 23.2 Å². The highest BCUT2D eigenvalue weighted by Crippen LogP contribution is 2.29. The number of alkyl halides is 3. The number of nitrogens with zero attached hydrogens (tertiary/aromatic N) is 3. The molecular weight excluding hydrogens is 433 g/mol. The minimum atomic E-state index is -5.08. The zero-order chi connectivity index (χ0) is 22.4. The first-order chi connectivity index (χ1) is 14.8. The summed E-state index contributed by atoms with van der Waals surface area (Å²) in [6.45, 7) is 2.39. The van der Waals surface area contributed by atoms with Gasteiger partial charge in [0.2, 0.25) is 5.91 Å². The molecule has 1 aliphatic carbocycles. The van der Waals surface area contributed by atoms with E-state index in [2.05, 4.69) is 32.8 Å². The zero-order valence-corrected chi connectivity index (χ0v) is 17.7. The number of aliphatic carboxylic acids is 1. The van der Waals surface area contributed by atoms with Gasteiger partial charge in [0.25, 0.3) is 0 Å². The molecule has 3 heterocycles. The van der Waals surface area contributed by atoms with E-state index >= 15 is 0 Å². The molecule has 2 N–H and O–H groups in total. The van der Waals surface area contributed by atoms with Crippen LogP contribution in [0.15, 0.2) is 29.8 Å². The summed E-state index contributed by atoms with van der Waals surface area (Å²) in [5.41, 5.74) is 1.16. The van der Waals surface area contributed by atoms with Crippen LogP contribution in [0.5, 0.6) is 0 Å². The number of carbonyl (C=O) groups is 2. The normalized spacial score (nSPS) is 19.4. The van der Waals surface area contributed by atoms with E-state index in [1.165, 1.54) is 30.6 Å². The third kappa shape index (κ3) is 6.30. The van der Waals surface area contributed by atoms with Crippen LogP contribution in [0.2, 0.25) is 0 Å². The number of carbonyl (C=O) groups excluding carboxylic acids is 1. The van der Waals surface area contributed by atoms with Crippen molar-refractivity contribution in [1.82, 2.24) is 20.0 Å². The van der Waals surface area contributed by atoms with Gasteiger partial charge >= 0.3 is 12.1 Å². The van der Waals surface area contributed by atoms with Crippen LogP contribution in [0.25, 0.3) is 0 Å². The lowest BCUT2D eigenvalue weighted by Gasteiger charge is -2.36. The Morgan fingerprint density at radius 3 is 2.58 bits per heavy atom. The van der Waals surface area contributed by atoms with Crippen molar-refractivity contribution in [2.75, 3.05) is 13.1 Å². The van der Waals surface area contributed by atoms with E-state index in [1.807, 2.05) is 16.9 Å². The number of rotatable bonds is 5. The van der Waals surface area contributed by atoms with Crippen LogP contribution in [0.3, 0.4) is 0 Å². The summed E-state index contributed by atoms with van der Waals surface area (Å²) in [5, 5.41) is 16.7. The summed E-state index contributed by atoms with van der Waals surface area (Å²) in [5.74, 6) is -2.66. The SMILES string of the molecule is O=C(NCCc1cccs1)C1CN(C2CCCC2)Cc2ccnn21.O=C(O)C(F)(F)F. The highest BCUT2D eigenvalue weighted by atomic mass is 32.1. The molecule has 1 atom stereocenters. The van der Waals surface area contributed by atoms with Crippen LogP contribution in [-0.2, 0) is 22.6 Å². The molecule has 1 aliphatic heterocycles. The third-order valence-corrected chi connectivity index (χ3v) is 6.39. The third-order valence-electron chi connectivity index (χ3n) is 5.46. The Morgan fingerprint density at radius 2 is 1.97 bits per heavy atom. The van der Waals surface area contributed by atoms with E-state index in [0.29, 0.717) is 12.6 Å². The first-order valence-corrected chi connectivity index (χ1v) is 11.0. The summed E-state index contributed by atoms with van der Waals surface area (Å²) >= 11 is 1.74. The smallest absolute Gasteiger partial charge is 0.475 e. The number of halogens is 3. The summed E-state index contributed by atoms with van der Waals surface area (Å²) in [6, 6.07) is 6.65. The summed E-state index contributed by atoms with van der Waals surface area (Å²) in [6.07, 6.45) is 2.80. The Hall–Kier alpha value is -2.40. The van der Waals surface area contributed by atoms with Crippen LogP contribution >= 0.6 is 11.3 Å². The maximum absolute atomic E-state index is 12.8. The summed E-state index contributed by atoms with van der Waals surface area (Å²) in [7, 11) is 0. The molecule has 1 unspecified atom stereocenters. The minimum Gasteiger partial charge on any atom is -0.475 e. The molecular formula is C20H25F3N4O3S. The van der Waals surface area contributed by atoms with Crippen molar-refractivity contribution in [3.05, 3.63) is 40.3 Å². The van der Waals surface area contributed by atoms with Crippen molar-refractivity contribution in [3.8, 4) is 0 Å². The monoisotopic (exact) mass is 458 g/mol. The van der Waals surface area contributed by atoms with Crippen molar-refractivity contribution in [3.63, 3.8) is 0 Å². The fraction of sp³-hybridized carbons (Fsp3) is 0.550. The number of carboxylic acid groups (broad SMARTS) is 1. The van der Waals surface area contributed by atoms with Gasteiger partial charge in [-0.2, -0.15) is 18.3 Å². The highest BCUT2D eigenvalue weighted by Gasteiger charge is 2.38. The Labute approximate surface area is 181 Å². The van der Waals surface area contributed by atoms with Crippen LogP contribution in [0.1, 0.15) is 42.3 Å². The second kappa shape index (κ2) is 10.3. The average Bonchev–Trinajstić information content (AvgIpc) is 3.48. The number of nitrogens with one attached hydrogen (secondary N) is 1. The molecule has 7 nitrogen and oxygen atoms in total. The lowest BCUT2D eigenvalue weighted by Crippen LogP contribution is -2.48. The fourth-order valence-electron chi connectivity index (χ4n) is 3.94. The van der Waals surface area contributed by atoms with E-state index in [-0.39, 0.29) is 11.9 Å². The van der Waals surface area contributed by atoms with Gasteiger partial charge in [0.05, 0.1) is 5.69 Å². The van der Waals surface area contributed by atoms with E-state index in [1.54, 1.807) is 11.3 Å². The number of aromatic nitrogens is 2. The molecule has 1 saturated carbocycles. The van der Waals surface area contributed by atoms with Gasteiger partial charge in [-0.3, -0.25) is 14.4 Å². The Morgan fingerprint density at radius 1 is 1.26 bits per heavy atom. The van der Waals surface area contributed by atoms with Gasteiger partial charge in [-0.05, 0) is 36.8 Å². The predicted molar refractivity (Wildman–Crippen MR) is 109 cm³/mol. The minimum absolute atomic E-state index is 0.0965. The second-order valence-corrected chi connectivity index (χ2v) is 8.61. The lowest BCUT2D eigenvalue weighted by atomic mass is 10.1. The van der Waals surface area contributed by atoms with Crippen LogP contribution in [0.4, 0.5) is 13.2 Å². The quantitative estimate of drug-likeness (QED) is 0.718. The topological polar surface area (TPSA) is 87.5 Å². The molecule has 1 fully saturated rings. The Kier molecular flexibility index (Phi) is 7.71. The van der Waals surface area contributed by atoms with Gasteiger partial charge in [0.15, 0.2) is 0 Å². The molecule has 0 aromatic carbocycles. The maximum atomic E-state index is 12.8. The predicted octanol–water partition coefficient (Wildman–Crippen LogP) is 3.24. The fourth-order valence-corrected chi connectivity index (χ4v) is 4.65. The zero-order valence-electron chi connectivity index (χ0n) is 16.8. The lowest BCUT2D eigenvalue weighted by molar-refractivity contribution is -0.192. The maximum Gasteiger partial charge on any atom is 0.490 e. The molecule has 170 valence electrons. The highest BCUT2D eigenvalue weighted by molar-refractivity contribution is 7.09. The number of hydrogen-bond acceptors (Lipinski definition) is 5. The molecule has 1 amide bonds. The molecule has 0 saturated heterocycles. The molecule has 0 radical (unpaired) electrons. The number of fused-ring (bicyclic) bond motifs is 1. The first-order valence-electron chi connectivity index (χ1n) is 10.1. The molecule has 31 heavy (non-hydrogen) atoms. The van der Waals surface area contributed by atoms with Gasteiger partial charge in [-0.25, -0.2) is 4.79 Å². The molecule has 11 heteroatoms. The van der Waals surface area contributed by atoms with Gasteiger partial charge in [-0.15, -0.1) is 11.3 Å². The number of carboxylic acids is 1. The van der Waals surface area contributed by atoms with Gasteiger partial charge in [-0.1, -0.05) is 18.9 Å². The van der Waals surface area contributed by atoms with Crippen molar-refractivity contribution in [2.45, 2.75) is 56.9 Å². The molecule has 2 aromatic rings. The van der Waals surface area contributed by atoms with Gasteiger partial charge < -0.3 is 10.4 Å². The first kappa shape index (κ1) is 23.3. The van der Waals surface area contributed by atoms with E-state index in [0.717, 1.165) is 25.2 Å². The molecule has 0 spiro atoms. The second-order valence-electron chi connectivity index (χ2n) is 7.57. The van der Waals surface area contributed by atoms with Crippen molar-refractivity contribution in [2.24, 2.45) is 0 Å². The average molecular weight is 459 g/mol. The molecule has 2 aromatic heterocycles. The molecule has 2 aliphatic rings. The largest absolute Gasteiger partial charge is 0.490 e. The van der Waals surface area contributed by atoms with E-state index in [4.69, 9.17) is 9.90 Å². The molecule has 4 rings (SSSR count). The van der Waals surface area contributed by atoms with Gasteiger partial charge in [0, 0.05) is 36.8 Å². The van der Waals surface area contributed by atoms with Crippen LogP contribution in [-0.4, -0.2) is 57.0 Å². The van der Waals surface area contributed by atoms with Crippen molar-refractivity contribution in [1.29, 1.82) is 0 Å². The Bertz CT molecular complexity index is 863. The van der Waals surface area contributed by atoms with Crippen LogP contribution in [0, 0.1) is 0 Å². The van der Waals surface area contributed by atoms with Crippen LogP contribution < -0.4 is 5.32 Å². The summed E-state index contributed by atoms with van der Waals surface area (Å²) in [4.78, 5) is 25.5. The van der Waals surface area contributed by atoms with E-state index < -0.39 is 12.1 Å². The number of thiophene rings is 1. The summed E-state index contributed by atoms with van der Waals surface area (Å²) < 4.78 is 33.7. The molecule has 0 bridgehead atoms.